The van der Waals surface area contributed by atoms with Crippen molar-refractivity contribution < 1.29 is 9.90 Å². The Balaban J connectivity index is 1.45. The number of hydrogen-bond acceptors (Lipinski definition) is 5. The van der Waals surface area contributed by atoms with E-state index in [0.29, 0.717) is 23.8 Å². The number of nitrogens with one attached hydrogen (secondary N) is 2. The van der Waals surface area contributed by atoms with Crippen LogP contribution in [-0.2, 0) is 4.79 Å². The normalized spacial score (nSPS) is 27.1. The zero-order valence-corrected chi connectivity index (χ0v) is 13.3. The zero-order chi connectivity index (χ0) is 16.1. The van der Waals surface area contributed by atoms with Gasteiger partial charge in [-0.15, -0.1) is 0 Å². The summed E-state index contributed by atoms with van der Waals surface area (Å²) >= 11 is 0. The summed E-state index contributed by atoms with van der Waals surface area (Å²) in [5.41, 5.74) is 0.850. The highest BCUT2D eigenvalue weighted by Crippen LogP contribution is 2.54. The fourth-order valence-electron chi connectivity index (χ4n) is 4.09. The van der Waals surface area contributed by atoms with Crippen LogP contribution in [0.25, 0.3) is 11.0 Å². The number of hydrogen-bond donors (Lipinski definition) is 3. The van der Waals surface area contributed by atoms with Gasteiger partial charge in [0, 0.05) is 25.3 Å². The lowest BCUT2D eigenvalue weighted by Crippen LogP contribution is -2.35. The summed E-state index contributed by atoms with van der Waals surface area (Å²) in [6, 6.07) is 2.28. The molecule has 2 aliphatic rings. The molecule has 7 nitrogen and oxygen atoms in total. The number of aliphatic hydroxyl groups is 1. The number of aromatic amines is 1. The second-order valence-electron chi connectivity index (χ2n) is 6.65. The van der Waals surface area contributed by atoms with E-state index in [0.717, 1.165) is 35.8 Å². The van der Waals surface area contributed by atoms with Crippen molar-refractivity contribution in [2.75, 3.05) is 25.0 Å². The maximum atomic E-state index is 11.5. The molecule has 0 unspecified atom stereocenters. The van der Waals surface area contributed by atoms with Crippen molar-refractivity contribution in [1.82, 2.24) is 19.9 Å². The predicted octanol–water partition coefficient (Wildman–Crippen LogP) is 0.763. The summed E-state index contributed by atoms with van der Waals surface area (Å²) < 4.78 is 0. The van der Waals surface area contributed by atoms with E-state index in [1.54, 1.807) is 4.90 Å². The Kier molecular flexibility index (Phi) is 3.26. The second kappa shape index (κ2) is 5.19. The number of aromatic nitrogens is 3. The number of carbonyl (C=O) groups excluding carboxylic acids is 1. The summed E-state index contributed by atoms with van der Waals surface area (Å²) in [7, 11) is 0. The number of carbonyl (C=O) groups is 1. The van der Waals surface area contributed by atoms with Gasteiger partial charge in [-0.1, -0.05) is 0 Å². The first-order chi connectivity index (χ1) is 11.1. The van der Waals surface area contributed by atoms with Crippen LogP contribution in [0.4, 0.5) is 5.82 Å². The molecule has 1 aliphatic carbocycles. The Morgan fingerprint density at radius 3 is 2.91 bits per heavy atom. The third-order valence-electron chi connectivity index (χ3n) is 5.22. The van der Waals surface area contributed by atoms with Gasteiger partial charge >= 0.3 is 0 Å². The lowest BCUT2D eigenvalue weighted by atomic mass is 10.1. The number of piperidine rings is 1. The van der Waals surface area contributed by atoms with Crippen molar-refractivity contribution in [2.24, 2.45) is 17.8 Å². The maximum Gasteiger partial charge on any atom is 0.248 e. The van der Waals surface area contributed by atoms with Gasteiger partial charge in [-0.05, 0) is 37.7 Å². The minimum atomic E-state index is -0.385. The van der Waals surface area contributed by atoms with E-state index in [1.165, 1.54) is 0 Å². The molecule has 1 amide bonds. The van der Waals surface area contributed by atoms with E-state index in [4.69, 9.17) is 5.11 Å². The van der Waals surface area contributed by atoms with E-state index in [-0.39, 0.29) is 12.5 Å². The number of rotatable bonds is 4. The molecule has 3 heterocycles. The molecule has 0 spiro atoms. The van der Waals surface area contributed by atoms with E-state index in [1.807, 2.05) is 19.2 Å². The predicted molar refractivity (Wildman–Crippen MR) is 85.8 cm³/mol. The molecule has 2 aromatic heterocycles. The van der Waals surface area contributed by atoms with Crippen LogP contribution in [-0.4, -0.2) is 56.6 Å². The monoisotopic (exact) mass is 315 g/mol. The largest absolute Gasteiger partial charge is 0.387 e. The summed E-state index contributed by atoms with van der Waals surface area (Å²) in [5.74, 6) is 3.09. The Morgan fingerprint density at radius 2 is 2.22 bits per heavy atom. The summed E-state index contributed by atoms with van der Waals surface area (Å²) in [6.45, 7) is 5.22. The number of nitrogens with zero attached hydrogens (tertiary/aromatic N) is 3. The zero-order valence-electron chi connectivity index (χ0n) is 13.3. The number of H-pyrrole nitrogens is 1. The molecule has 2 fully saturated rings. The van der Waals surface area contributed by atoms with Crippen LogP contribution in [0.1, 0.15) is 12.7 Å². The van der Waals surface area contributed by atoms with Gasteiger partial charge in [0.05, 0.1) is 5.39 Å². The first-order valence-corrected chi connectivity index (χ1v) is 8.05. The van der Waals surface area contributed by atoms with Crippen molar-refractivity contribution in [1.29, 1.82) is 0 Å². The molecule has 7 heteroatoms. The van der Waals surface area contributed by atoms with Crippen LogP contribution >= 0.6 is 0 Å². The third-order valence-corrected chi connectivity index (χ3v) is 5.22. The molecule has 1 aliphatic heterocycles. The molecule has 0 radical (unpaired) electrons. The molecule has 4 rings (SSSR count). The Bertz CT molecular complexity index is 746. The smallest absolute Gasteiger partial charge is 0.248 e. The number of anilines is 1. The number of aliphatic hydroxyl groups excluding tert-OH is 1. The minimum Gasteiger partial charge on any atom is -0.387 e. The highest BCUT2D eigenvalue weighted by Gasteiger charge is 2.58. The van der Waals surface area contributed by atoms with Crippen LogP contribution in [0.2, 0.25) is 0 Å². The van der Waals surface area contributed by atoms with Gasteiger partial charge in [-0.2, -0.15) is 0 Å². The van der Waals surface area contributed by atoms with Gasteiger partial charge in [0.1, 0.15) is 23.9 Å². The molecule has 0 bridgehead atoms. The van der Waals surface area contributed by atoms with Gasteiger partial charge in [0.15, 0.2) is 0 Å². The van der Waals surface area contributed by atoms with Crippen LogP contribution in [0.3, 0.4) is 0 Å². The quantitative estimate of drug-likeness (QED) is 0.774. The summed E-state index contributed by atoms with van der Waals surface area (Å²) in [5, 5.41) is 13.5. The van der Waals surface area contributed by atoms with E-state index in [9.17, 15) is 4.79 Å². The van der Waals surface area contributed by atoms with Crippen LogP contribution in [0.5, 0.6) is 0 Å². The number of fused-ring (bicyclic) bond motifs is 2. The molecule has 23 heavy (non-hydrogen) atoms. The number of aryl methyl sites for hydroxylation is 1. The molecule has 1 saturated carbocycles. The van der Waals surface area contributed by atoms with Gasteiger partial charge in [-0.25, -0.2) is 9.97 Å². The Labute approximate surface area is 134 Å². The number of likely N-dealkylation sites (tertiary alicyclic amines) is 1. The SMILES string of the molecule is Cc1nc(N[C@H](C)[C@H]2[C@@H]3CN(C(=O)CO)C[C@@H]32)c2cc[nH]c2n1. The lowest BCUT2D eigenvalue weighted by molar-refractivity contribution is -0.133. The highest BCUT2D eigenvalue weighted by atomic mass is 16.3. The van der Waals surface area contributed by atoms with Gasteiger partial charge in [-0.3, -0.25) is 4.79 Å². The van der Waals surface area contributed by atoms with Gasteiger partial charge in [0.25, 0.3) is 0 Å². The maximum absolute atomic E-state index is 11.5. The molecule has 2 aromatic rings. The van der Waals surface area contributed by atoms with Crippen molar-refractivity contribution in [3.8, 4) is 0 Å². The highest BCUT2D eigenvalue weighted by molar-refractivity contribution is 5.87. The van der Waals surface area contributed by atoms with Gasteiger partial charge < -0.3 is 20.3 Å². The first-order valence-electron chi connectivity index (χ1n) is 8.05. The van der Waals surface area contributed by atoms with Crippen LogP contribution in [0.15, 0.2) is 12.3 Å². The molecule has 4 atom stereocenters. The summed E-state index contributed by atoms with van der Waals surface area (Å²) in [6.07, 6.45) is 1.87. The standard InChI is InChI=1S/C16H21N5O2/c1-8(14-11-5-21(6-12(11)14)13(23)7-22)18-16-10-3-4-17-15(10)19-9(2)20-16/h3-4,8,11-12,14,22H,5-7H2,1-2H3,(H2,17,18,19,20)/t8-,11-,12+,14+/m1/s1. The van der Waals surface area contributed by atoms with Crippen LogP contribution < -0.4 is 5.32 Å². The van der Waals surface area contributed by atoms with Crippen molar-refractivity contribution in [3.63, 3.8) is 0 Å². The molecular weight excluding hydrogens is 294 g/mol. The molecule has 1 saturated heterocycles. The van der Waals surface area contributed by atoms with Crippen molar-refractivity contribution in [2.45, 2.75) is 19.9 Å². The fourth-order valence-corrected chi connectivity index (χ4v) is 4.09. The Morgan fingerprint density at radius 1 is 1.48 bits per heavy atom. The topological polar surface area (TPSA) is 94.1 Å². The Hall–Kier alpha value is -2.15. The average molecular weight is 315 g/mol. The molecular formula is C16H21N5O2. The molecule has 3 N–H and O–H groups in total. The molecule has 122 valence electrons. The average Bonchev–Trinajstić information content (AvgIpc) is 2.91. The fraction of sp³-hybridized carbons (Fsp3) is 0.562. The van der Waals surface area contributed by atoms with Gasteiger partial charge in [0.2, 0.25) is 5.91 Å². The van der Waals surface area contributed by atoms with Crippen molar-refractivity contribution >= 4 is 22.8 Å². The minimum absolute atomic E-state index is 0.156. The third kappa shape index (κ3) is 2.35. The number of amides is 1. The second-order valence-corrected chi connectivity index (χ2v) is 6.65. The van der Waals surface area contributed by atoms with E-state index >= 15 is 0 Å². The van der Waals surface area contributed by atoms with E-state index in [2.05, 4.69) is 27.2 Å². The van der Waals surface area contributed by atoms with Crippen LogP contribution in [0, 0.1) is 24.7 Å². The lowest BCUT2D eigenvalue weighted by Gasteiger charge is -2.22. The first kappa shape index (κ1) is 14.4. The summed E-state index contributed by atoms with van der Waals surface area (Å²) in [4.78, 5) is 25.4. The van der Waals surface area contributed by atoms with Crippen molar-refractivity contribution in [3.05, 3.63) is 18.1 Å². The molecule has 0 aromatic carbocycles. The van der Waals surface area contributed by atoms with E-state index < -0.39 is 0 Å².